The van der Waals surface area contributed by atoms with E-state index >= 15 is 0 Å². The Morgan fingerprint density at radius 2 is 1.91 bits per heavy atom. The Balaban J connectivity index is 1.92. The lowest BCUT2D eigenvalue weighted by molar-refractivity contribution is -0.136. The Labute approximate surface area is 192 Å². The zero-order valence-corrected chi connectivity index (χ0v) is 19.3. The minimum Gasteiger partial charge on any atom is -0.484 e. The number of aromatic nitrogens is 2. The van der Waals surface area contributed by atoms with Crippen molar-refractivity contribution in [3.05, 3.63) is 69.7 Å². The number of hydrogen-bond donors (Lipinski definition) is 0. The number of halogens is 1. The molecule has 0 spiro atoms. The minimum absolute atomic E-state index is 0.101. The molecular weight excluding hydrogens is 430 g/mol. The monoisotopic (exact) mass is 457 g/mol. The van der Waals surface area contributed by atoms with E-state index in [1.54, 1.807) is 46.9 Å². The van der Waals surface area contributed by atoms with E-state index in [4.69, 9.17) is 26.1 Å². The fraction of sp³-hybridized carbons (Fsp3) is 0.375. The molecule has 0 aliphatic carbocycles. The van der Waals surface area contributed by atoms with Gasteiger partial charge in [0.15, 0.2) is 6.61 Å². The van der Waals surface area contributed by atoms with E-state index in [0.29, 0.717) is 47.2 Å². The molecule has 3 rings (SSSR count). The van der Waals surface area contributed by atoms with E-state index < -0.39 is 6.04 Å². The quantitative estimate of drug-likeness (QED) is 0.458. The molecule has 32 heavy (non-hydrogen) atoms. The topological polar surface area (TPSA) is 73.7 Å². The zero-order valence-electron chi connectivity index (χ0n) is 18.6. The second-order valence-electron chi connectivity index (χ2n) is 7.44. The second kappa shape index (κ2) is 11.1. The first kappa shape index (κ1) is 23.8. The van der Waals surface area contributed by atoms with Crippen molar-refractivity contribution in [2.75, 3.05) is 26.9 Å². The third-order valence-electron chi connectivity index (χ3n) is 5.21. The van der Waals surface area contributed by atoms with Crippen molar-refractivity contribution in [3.63, 3.8) is 0 Å². The van der Waals surface area contributed by atoms with Gasteiger partial charge in [-0.3, -0.25) is 14.2 Å². The summed E-state index contributed by atoms with van der Waals surface area (Å²) in [6.45, 7) is 4.94. The highest BCUT2D eigenvalue weighted by Crippen LogP contribution is 2.21. The third kappa shape index (κ3) is 5.47. The summed E-state index contributed by atoms with van der Waals surface area (Å²) < 4.78 is 12.5. The van der Waals surface area contributed by atoms with Crippen LogP contribution in [0.3, 0.4) is 0 Å². The van der Waals surface area contributed by atoms with Crippen LogP contribution in [0.2, 0.25) is 5.02 Å². The highest BCUT2D eigenvalue weighted by molar-refractivity contribution is 6.30. The fourth-order valence-electron chi connectivity index (χ4n) is 3.57. The Hall–Kier alpha value is -2.90. The van der Waals surface area contributed by atoms with E-state index in [-0.39, 0.29) is 18.1 Å². The lowest BCUT2D eigenvalue weighted by Crippen LogP contribution is -2.41. The zero-order chi connectivity index (χ0) is 23.1. The molecule has 1 heterocycles. The molecule has 0 N–H and O–H groups in total. The molecule has 1 unspecified atom stereocenters. The largest absolute Gasteiger partial charge is 0.484 e. The summed E-state index contributed by atoms with van der Waals surface area (Å²) in [5, 5.41) is 1.16. The number of para-hydroxylation sites is 1. The molecule has 7 nitrogen and oxygen atoms in total. The normalized spacial score (nSPS) is 12.0. The maximum atomic E-state index is 13.1. The molecule has 0 aliphatic heterocycles. The first-order valence-corrected chi connectivity index (χ1v) is 11.0. The predicted octanol–water partition coefficient (Wildman–Crippen LogP) is 4.07. The summed E-state index contributed by atoms with van der Waals surface area (Å²) in [7, 11) is 1.58. The summed E-state index contributed by atoms with van der Waals surface area (Å²) in [4.78, 5) is 32.7. The Morgan fingerprint density at radius 1 is 1.19 bits per heavy atom. The highest BCUT2D eigenvalue weighted by atomic mass is 35.5. The Morgan fingerprint density at radius 3 is 2.59 bits per heavy atom. The van der Waals surface area contributed by atoms with Gasteiger partial charge in [-0.2, -0.15) is 0 Å². The molecule has 0 bridgehead atoms. The molecule has 0 fully saturated rings. The van der Waals surface area contributed by atoms with E-state index in [0.717, 1.165) is 6.42 Å². The van der Waals surface area contributed by atoms with Crippen molar-refractivity contribution in [2.45, 2.75) is 32.9 Å². The number of fused-ring (bicyclic) bond motifs is 1. The van der Waals surface area contributed by atoms with Crippen LogP contribution >= 0.6 is 11.6 Å². The van der Waals surface area contributed by atoms with Gasteiger partial charge in [-0.15, -0.1) is 0 Å². The number of methoxy groups -OCH3 is 1. The van der Waals surface area contributed by atoms with Gasteiger partial charge in [0, 0.05) is 25.2 Å². The number of ether oxygens (including phenoxy) is 2. The van der Waals surface area contributed by atoms with Crippen LogP contribution < -0.4 is 10.3 Å². The summed E-state index contributed by atoms with van der Waals surface area (Å²) in [5.41, 5.74) is 0.513. The number of carbonyl (C=O) groups excluding carboxylic acids is 1. The van der Waals surface area contributed by atoms with Crippen molar-refractivity contribution in [3.8, 4) is 5.75 Å². The molecule has 1 atom stereocenters. The van der Waals surface area contributed by atoms with Gasteiger partial charge in [-0.05, 0) is 49.7 Å². The molecule has 1 aromatic heterocycles. The van der Waals surface area contributed by atoms with Crippen LogP contribution in [0.1, 0.15) is 32.1 Å². The van der Waals surface area contributed by atoms with Crippen LogP contribution in [-0.2, 0) is 16.1 Å². The number of rotatable bonds is 10. The van der Waals surface area contributed by atoms with Gasteiger partial charge in [-0.1, -0.05) is 30.7 Å². The molecule has 0 saturated carbocycles. The molecule has 0 aliphatic rings. The number of hydrogen-bond acceptors (Lipinski definition) is 5. The molecule has 8 heteroatoms. The summed E-state index contributed by atoms with van der Waals surface area (Å²) in [6.07, 6.45) is 0.769. The SMILES string of the molecule is CCCn1c(C(C)N(CCOC)C(=O)COc2ccc(Cl)cc2)nc2ccccc2c1=O. The van der Waals surface area contributed by atoms with Crippen molar-refractivity contribution < 1.29 is 14.3 Å². The minimum atomic E-state index is -0.449. The maximum Gasteiger partial charge on any atom is 0.261 e. The van der Waals surface area contributed by atoms with Gasteiger partial charge < -0.3 is 14.4 Å². The lowest BCUT2D eigenvalue weighted by Gasteiger charge is -2.30. The fourth-order valence-corrected chi connectivity index (χ4v) is 3.69. The second-order valence-corrected chi connectivity index (χ2v) is 7.88. The molecule has 170 valence electrons. The van der Waals surface area contributed by atoms with E-state index in [2.05, 4.69) is 0 Å². The molecule has 0 radical (unpaired) electrons. The van der Waals surface area contributed by atoms with Crippen molar-refractivity contribution in [1.29, 1.82) is 0 Å². The van der Waals surface area contributed by atoms with Crippen LogP contribution in [0.5, 0.6) is 5.75 Å². The van der Waals surface area contributed by atoms with E-state index in [1.807, 2.05) is 32.0 Å². The van der Waals surface area contributed by atoms with Gasteiger partial charge in [0.2, 0.25) is 0 Å². The standard InChI is InChI=1S/C24H28ClN3O4/c1-4-13-28-23(26-21-8-6-5-7-20(21)24(28)30)17(2)27(14-15-31-3)22(29)16-32-19-11-9-18(25)10-12-19/h5-12,17H,4,13-16H2,1-3H3. The van der Waals surface area contributed by atoms with E-state index in [9.17, 15) is 9.59 Å². The predicted molar refractivity (Wildman–Crippen MR) is 125 cm³/mol. The highest BCUT2D eigenvalue weighted by Gasteiger charge is 2.26. The van der Waals surface area contributed by atoms with Gasteiger partial charge in [0.1, 0.15) is 11.6 Å². The number of nitrogens with zero attached hydrogens (tertiary/aromatic N) is 3. The van der Waals surface area contributed by atoms with Crippen LogP contribution in [0.25, 0.3) is 10.9 Å². The molecule has 2 aromatic carbocycles. The van der Waals surface area contributed by atoms with Gasteiger partial charge >= 0.3 is 0 Å². The number of amides is 1. The average Bonchev–Trinajstić information content (AvgIpc) is 2.80. The number of benzene rings is 2. The van der Waals surface area contributed by atoms with Crippen LogP contribution in [-0.4, -0.2) is 47.2 Å². The number of carbonyl (C=O) groups is 1. The lowest BCUT2D eigenvalue weighted by atomic mass is 10.2. The Kier molecular flexibility index (Phi) is 8.25. The van der Waals surface area contributed by atoms with Gasteiger partial charge in [-0.25, -0.2) is 4.98 Å². The third-order valence-corrected chi connectivity index (χ3v) is 5.46. The van der Waals surface area contributed by atoms with Gasteiger partial charge in [0.05, 0.1) is 23.6 Å². The summed E-state index contributed by atoms with van der Waals surface area (Å²) in [6, 6.07) is 13.6. The van der Waals surface area contributed by atoms with Crippen molar-refractivity contribution in [2.24, 2.45) is 0 Å². The van der Waals surface area contributed by atoms with Crippen LogP contribution in [0, 0.1) is 0 Å². The summed E-state index contributed by atoms with van der Waals surface area (Å²) >= 11 is 5.91. The first-order chi connectivity index (χ1) is 15.5. The first-order valence-electron chi connectivity index (χ1n) is 10.6. The van der Waals surface area contributed by atoms with Gasteiger partial charge in [0.25, 0.3) is 11.5 Å². The van der Waals surface area contributed by atoms with Crippen LogP contribution in [0.15, 0.2) is 53.3 Å². The molecular formula is C24H28ClN3O4. The van der Waals surface area contributed by atoms with Crippen LogP contribution in [0.4, 0.5) is 0 Å². The Bertz CT molecular complexity index is 1110. The van der Waals surface area contributed by atoms with E-state index in [1.165, 1.54) is 0 Å². The molecule has 3 aromatic rings. The maximum absolute atomic E-state index is 13.1. The van der Waals surface area contributed by atoms with Crippen molar-refractivity contribution >= 4 is 28.4 Å². The molecule has 0 saturated heterocycles. The summed E-state index contributed by atoms with van der Waals surface area (Å²) in [5.74, 6) is 0.871. The smallest absolute Gasteiger partial charge is 0.261 e. The average molecular weight is 458 g/mol. The van der Waals surface area contributed by atoms with Crippen molar-refractivity contribution in [1.82, 2.24) is 14.5 Å². The molecule has 1 amide bonds.